The number of nitrogens with one attached hydrogen (secondary N) is 1. The van der Waals surface area contributed by atoms with Gasteiger partial charge in [0.2, 0.25) is 0 Å². The van der Waals surface area contributed by atoms with Crippen LogP contribution in [0, 0.1) is 5.92 Å². The van der Waals surface area contributed by atoms with E-state index in [1.165, 1.54) is 12.8 Å². The van der Waals surface area contributed by atoms with Gasteiger partial charge in [0.05, 0.1) is 25.5 Å². The van der Waals surface area contributed by atoms with Gasteiger partial charge in [0.25, 0.3) is 0 Å². The Morgan fingerprint density at radius 2 is 2.28 bits per heavy atom. The van der Waals surface area contributed by atoms with Crippen LogP contribution in [-0.2, 0) is 4.74 Å². The van der Waals surface area contributed by atoms with Gasteiger partial charge in [-0.2, -0.15) is 0 Å². The molecule has 0 amide bonds. The van der Waals surface area contributed by atoms with E-state index in [0.29, 0.717) is 5.92 Å². The summed E-state index contributed by atoms with van der Waals surface area (Å²) >= 11 is 0. The van der Waals surface area contributed by atoms with Crippen LogP contribution in [0.5, 0.6) is 0 Å². The van der Waals surface area contributed by atoms with Crippen molar-refractivity contribution >= 4 is 5.96 Å². The van der Waals surface area contributed by atoms with Gasteiger partial charge in [0.15, 0.2) is 5.96 Å². The van der Waals surface area contributed by atoms with Crippen molar-refractivity contribution in [2.24, 2.45) is 10.9 Å². The predicted octanol–water partition coefficient (Wildman–Crippen LogP) is 2.35. The van der Waals surface area contributed by atoms with Crippen LogP contribution < -0.4 is 5.32 Å². The Kier molecular flexibility index (Phi) is 6.76. The Morgan fingerprint density at radius 1 is 1.44 bits per heavy atom. The van der Waals surface area contributed by atoms with Crippen molar-refractivity contribution in [1.82, 2.24) is 15.1 Å². The standard InChI is InChI=1S/C19H32N4O2/c1-3-20-19(22(2)14-16-8-12-24-15-16)21-13-17(18-7-6-11-25-18)23-9-4-5-10-23/h6-7,11,16-17H,3-5,8-10,12-15H2,1-2H3,(H,20,21). The molecule has 0 spiro atoms. The lowest BCUT2D eigenvalue weighted by molar-refractivity contribution is 0.181. The van der Waals surface area contributed by atoms with Crippen LogP contribution in [0.1, 0.15) is 38.0 Å². The van der Waals surface area contributed by atoms with E-state index >= 15 is 0 Å². The van der Waals surface area contributed by atoms with E-state index in [-0.39, 0.29) is 6.04 Å². The van der Waals surface area contributed by atoms with Gasteiger partial charge in [-0.25, -0.2) is 0 Å². The Balaban J connectivity index is 1.66. The van der Waals surface area contributed by atoms with Gasteiger partial charge in [-0.15, -0.1) is 0 Å². The van der Waals surface area contributed by atoms with Crippen LogP contribution in [0.15, 0.2) is 27.8 Å². The van der Waals surface area contributed by atoms with Crippen molar-refractivity contribution in [2.45, 2.75) is 32.2 Å². The SMILES string of the molecule is CCNC(=NCC(c1ccco1)N1CCCC1)N(C)CC1CCOC1. The Morgan fingerprint density at radius 3 is 2.92 bits per heavy atom. The molecule has 0 aliphatic carbocycles. The Labute approximate surface area is 151 Å². The van der Waals surface area contributed by atoms with Gasteiger partial charge in [-0.3, -0.25) is 9.89 Å². The van der Waals surface area contributed by atoms with Gasteiger partial charge in [-0.05, 0) is 51.4 Å². The zero-order valence-corrected chi connectivity index (χ0v) is 15.6. The maximum Gasteiger partial charge on any atom is 0.193 e. The van der Waals surface area contributed by atoms with E-state index in [9.17, 15) is 0 Å². The molecule has 1 aromatic heterocycles. The fraction of sp³-hybridized carbons (Fsp3) is 0.737. The number of hydrogen-bond acceptors (Lipinski definition) is 4. The molecule has 2 saturated heterocycles. The lowest BCUT2D eigenvalue weighted by atomic mass is 10.1. The molecule has 0 radical (unpaired) electrons. The van der Waals surface area contributed by atoms with Crippen molar-refractivity contribution in [3.63, 3.8) is 0 Å². The topological polar surface area (TPSA) is 53.2 Å². The smallest absolute Gasteiger partial charge is 0.193 e. The van der Waals surface area contributed by atoms with E-state index in [2.05, 4.69) is 35.2 Å². The average molecular weight is 348 g/mol. The fourth-order valence-corrected chi connectivity index (χ4v) is 3.76. The third kappa shape index (κ3) is 4.98. The van der Waals surface area contributed by atoms with E-state index in [4.69, 9.17) is 14.1 Å². The summed E-state index contributed by atoms with van der Waals surface area (Å²) in [4.78, 5) is 9.68. The van der Waals surface area contributed by atoms with Crippen molar-refractivity contribution in [3.8, 4) is 0 Å². The van der Waals surface area contributed by atoms with Crippen molar-refractivity contribution in [3.05, 3.63) is 24.2 Å². The molecule has 2 atom stereocenters. The first-order chi connectivity index (χ1) is 12.3. The molecule has 3 heterocycles. The predicted molar refractivity (Wildman–Crippen MR) is 99.8 cm³/mol. The highest BCUT2D eigenvalue weighted by atomic mass is 16.5. The van der Waals surface area contributed by atoms with Crippen LogP contribution in [0.2, 0.25) is 0 Å². The monoisotopic (exact) mass is 348 g/mol. The summed E-state index contributed by atoms with van der Waals surface area (Å²) in [6, 6.07) is 4.28. The number of guanidine groups is 1. The van der Waals surface area contributed by atoms with E-state index in [1.807, 2.05) is 6.07 Å². The van der Waals surface area contributed by atoms with Crippen LogP contribution in [0.25, 0.3) is 0 Å². The lowest BCUT2D eigenvalue weighted by Gasteiger charge is -2.27. The van der Waals surface area contributed by atoms with Crippen molar-refractivity contribution in [1.29, 1.82) is 0 Å². The molecule has 140 valence electrons. The van der Waals surface area contributed by atoms with Crippen LogP contribution in [-0.4, -0.2) is 68.7 Å². The Bertz CT molecular complexity index is 520. The molecule has 0 bridgehead atoms. The van der Waals surface area contributed by atoms with E-state index in [1.54, 1.807) is 6.26 Å². The number of nitrogens with zero attached hydrogens (tertiary/aromatic N) is 3. The van der Waals surface area contributed by atoms with Gasteiger partial charge >= 0.3 is 0 Å². The zero-order chi connectivity index (χ0) is 17.5. The third-order valence-electron chi connectivity index (χ3n) is 5.12. The van der Waals surface area contributed by atoms with Gasteiger partial charge in [0, 0.05) is 32.7 Å². The number of hydrogen-bond donors (Lipinski definition) is 1. The molecule has 2 aliphatic rings. The summed E-state index contributed by atoms with van der Waals surface area (Å²) in [6.07, 6.45) is 5.44. The fourth-order valence-electron chi connectivity index (χ4n) is 3.76. The number of likely N-dealkylation sites (tertiary alicyclic amines) is 1. The minimum Gasteiger partial charge on any atom is -0.468 e. The number of ether oxygens (including phenoxy) is 1. The maximum atomic E-state index is 5.71. The molecule has 1 N–H and O–H groups in total. The molecule has 25 heavy (non-hydrogen) atoms. The Hall–Kier alpha value is -1.53. The normalized spacial score (nSPS) is 23.1. The molecule has 2 aliphatic heterocycles. The molecule has 2 unspecified atom stereocenters. The molecule has 3 rings (SSSR count). The summed E-state index contributed by atoms with van der Waals surface area (Å²) in [6.45, 7) is 8.72. The number of furan rings is 1. The summed E-state index contributed by atoms with van der Waals surface area (Å²) in [5, 5.41) is 3.43. The second-order valence-electron chi connectivity index (χ2n) is 7.08. The first-order valence-electron chi connectivity index (χ1n) is 9.62. The molecule has 0 saturated carbocycles. The molecule has 1 aromatic rings. The van der Waals surface area contributed by atoms with Crippen molar-refractivity contribution in [2.75, 3.05) is 53.0 Å². The highest BCUT2D eigenvalue weighted by Gasteiger charge is 2.26. The van der Waals surface area contributed by atoms with E-state index < -0.39 is 0 Å². The average Bonchev–Trinajstić information content (AvgIpc) is 3.37. The second kappa shape index (κ2) is 9.25. The number of rotatable bonds is 7. The summed E-state index contributed by atoms with van der Waals surface area (Å²) in [7, 11) is 2.12. The summed E-state index contributed by atoms with van der Waals surface area (Å²) in [5.41, 5.74) is 0. The maximum absolute atomic E-state index is 5.71. The number of aliphatic imine (C=N–C) groups is 1. The second-order valence-corrected chi connectivity index (χ2v) is 7.08. The minimum atomic E-state index is 0.231. The molecule has 0 aromatic carbocycles. The minimum absolute atomic E-state index is 0.231. The quantitative estimate of drug-likeness (QED) is 0.605. The molecule has 6 heteroatoms. The molecule has 6 nitrogen and oxygen atoms in total. The van der Waals surface area contributed by atoms with Crippen LogP contribution >= 0.6 is 0 Å². The first kappa shape index (κ1) is 18.3. The summed E-state index contributed by atoms with van der Waals surface area (Å²) in [5.74, 6) is 2.60. The van der Waals surface area contributed by atoms with Crippen LogP contribution in [0.3, 0.4) is 0 Å². The van der Waals surface area contributed by atoms with Crippen LogP contribution in [0.4, 0.5) is 0 Å². The molecular weight excluding hydrogens is 316 g/mol. The van der Waals surface area contributed by atoms with Gasteiger partial charge in [-0.1, -0.05) is 0 Å². The molecular formula is C19H32N4O2. The first-order valence-corrected chi connectivity index (χ1v) is 9.62. The summed E-state index contributed by atoms with van der Waals surface area (Å²) < 4.78 is 11.2. The van der Waals surface area contributed by atoms with Gasteiger partial charge < -0.3 is 19.4 Å². The van der Waals surface area contributed by atoms with E-state index in [0.717, 1.165) is 64.1 Å². The highest BCUT2D eigenvalue weighted by molar-refractivity contribution is 5.79. The lowest BCUT2D eigenvalue weighted by Crippen LogP contribution is -2.42. The highest BCUT2D eigenvalue weighted by Crippen LogP contribution is 2.26. The third-order valence-corrected chi connectivity index (χ3v) is 5.12. The zero-order valence-electron chi connectivity index (χ0n) is 15.6. The largest absolute Gasteiger partial charge is 0.468 e. The van der Waals surface area contributed by atoms with Crippen molar-refractivity contribution < 1.29 is 9.15 Å². The molecule has 2 fully saturated rings. The van der Waals surface area contributed by atoms with Gasteiger partial charge in [0.1, 0.15) is 5.76 Å².